The van der Waals surface area contributed by atoms with Crippen molar-refractivity contribution in [1.82, 2.24) is 29.9 Å². The van der Waals surface area contributed by atoms with Crippen LogP contribution >= 0.6 is 0 Å². The quantitative estimate of drug-likeness (QED) is 0.192. The van der Waals surface area contributed by atoms with Crippen LogP contribution < -0.4 is 0 Å². The lowest BCUT2D eigenvalue weighted by molar-refractivity contribution is 0.666. The van der Waals surface area contributed by atoms with Gasteiger partial charge in [-0.3, -0.25) is 9.97 Å². The largest absolute Gasteiger partial charge is 0.456 e. The van der Waals surface area contributed by atoms with Gasteiger partial charge in [-0.1, -0.05) is 60.7 Å². The predicted octanol–water partition coefficient (Wildman–Crippen LogP) is 9.68. The highest BCUT2D eigenvalue weighted by atomic mass is 16.3. The van der Waals surface area contributed by atoms with Crippen molar-refractivity contribution in [2.75, 3.05) is 0 Å². The number of pyridine rings is 3. The second-order valence-corrected chi connectivity index (χ2v) is 11.6. The summed E-state index contributed by atoms with van der Waals surface area (Å²) in [6.07, 6.45) is 6.96. The zero-order chi connectivity index (χ0) is 31.6. The lowest BCUT2D eigenvalue weighted by atomic mass is 10.0. The van der Waals surface area contributed by atoms with Gasteiger partial charge in [-0.15, -0.1) is 0 Å². The minimum absolute atomic E-state index is 0.539. The summed E-state index contributed by atoms with van der Waals surface area (Å²) in [6, 6.07) is 36.1. The number of para-hydroxylation sites is 2. The summed E-state index contributed by atoms with van der Waals surface area (Å²) in [7, 11) is 0. The van der Waals surface area contributed by atoms with E-state index in [4.69, 9.17) is 28.8 Å². The molecule has 0 spiro atoms. The second-order valence-electron chi connectivity index (χ2n) is 11.6. The number of benzene rings is 4. The number of rotatable bonds is 4. The molecule has 10 aromatic rings. The Morgan fingerprint density at radius 3 is 1.69 bits per heavy atom. The maximum atomic E-state index is 6.54. The fraction of sp³-hybridized carbons (Fsp3) is 0. The van der Waals surface area contributed by atoms with Gasteiger partial charge < -0.3 is 8.83 Å². The summed E-state index contributed by atoms with van der Waals surface area (Å²) in [5.41, 5.74) is 8.30. The van der Waals surface area contributed by atoms with Gasteiger partial charge in [0.15, 0.2) is 17.5 Å². The van der Waals surface area contributed by atoms with Gasteiger partial charge >= 0.3 is 0 Å². The molecule has 4 aromatic carbocycles. The van der Waals surface area contributed by atoms with Gasteiger partial charge in [0.25, 0.3) is 0 Å². The molecule has 0 aliphatic rings. The summed E-state index contributed by atoms with van der Waals surface area (Å²) < 4.78 is 12.8. The molecule has 0 amide bonds. The van der Waals surface area contributed by atoms with Crippen molar-refractivity contribution in [1.29, 1.82) is 0 Å². The van der Waals surface area contributed by atoms with Crippen molar-refractivity contribution in [2.24, 2.45) is 0 Å². The van der Waals surface area contributed by atoms with E-state index in [2.05, 4.69) is 46.4 Å². The number of hydrogen-bond donors (Lipinski definition) is 0. The number of hydrogen-bond acceptors (Lipinski definition) is 8. The SMILES string of the molecule is c1cncc(-c2nc(-c3ccc(-c4nc5cc6c(cc5c5oc7ccccc7c45)oc4ccccc46)cc3)nc(-c3cccnc3)n2)c1. The second kappa shape index (κ2) is 10.4. The van der Waals surface area contributed by atoms with E-state index in [-0.39, 0.29) is 0 Å². The first kappa shape index (κ1) is 26.4. The Morgan fingerprint density at radius 1 is 0.417 bits per heavy atom. The Bertz CT molecular complexity index is 2770. The van der Waals surface area contributed by atoms with Crippen LogP contribution in [-0.4, -0.2) is 29.9 Å². The molecule has 6 heterocycles. The van der Waals surface area contributed by atoms with Crippen LogP contribution in [0.4, 0.5) is 0 Å². The fourth-order valence-corrected chi connectivity index (χ4v) is 6.42. The molecule has 0 aliphatic heterocycles. The van der Waals surface area contributed by atoms with Crippen LogP contribution in [0.25, 0.3) is 100 Å². The highest BCUT2D eigenvalue weighted by Crippen LogP contribution is 2.42. The molecule has 10 rings (SSSR count). The molecule has 6 aromatic heterocycles. The highest BCUT2D eigenvalue weighted by molar-refractivity contribution is 6.21. The molecule has 0 aliphatic carbocycles. The minimum Gasteiger partial charge on any atom is -0.456 e. The Labute approximate surface area is 272 Å². The third-order valence-corrected chi connectivity index (χ3v) is 8.70. The first-order chi connectivity index (χ1) is 23.8. The first-order valence-electron chi connectivity index (χ1n) is 15.5. The molecule has 0 atom stereocenters. The van der Waals surface area contributed by atoms with Gasteiger partial charge in [0.1, 0.15) is 22.3 Å². The van der Waals surface area contributed by atoms with Crippen molar-refractivity contribution in [3.8, 4) is 45.4 Å². The topological polar surface area (TPSA) is 104 Å². The van der Waals surface area contributed by atoms with Gasteiger partial charge in [-0.2, -0.15) is 0 Å². The number of nitrogens with zero attached hydrogens (tertiary/aromatic N) is 6. The van der Waals surface area contributed by atoms with Gasteiger partial charge in [-0.05, 0) is 48.5 Å². The molecule has 224 valence electrons. The predicted molar refractivity (Wildman–Crippen MR) is 187 cm³/mol. The fourth-order valence-electron chi connectivity index (χ4n) is 6.42. The van der Waals surface area contributed by atoms with E-state index >= 15 is 0 Å². The van der Waals surface area contributed by atoms with Gasteiger partial charge in [0.05, 0.1) is 16.6 Å². The van der Waals surface area contributed by atoms with Crippen molar-refractivity contribution >= 4 is 54.8 Å². The number of aromatic nitrogens is 6. The molecular weight excluding hydrogens is 596 g/mol. The molecule has 0 fully saturated rings. The molecule has 48 heavy (non-hydrogen) atoms. The zero-order valence-electron chi connectivity index (χ0n) is 25.2. The lowest BCUT2D eigenvalue weighted by Crippen LogP contribution is -2.00. The molecule has 8 heteroatoms. The van der Waals surface area contributed by atoms with Crippen LogP contribution in [0, 0.1) is 0 Å². The average molecular weight is 619 g/mol. The Kier molecular flexibility index (Phi) is 5.71. The van der Waals surface area contributed by atoms with Crippen molar-refractivity contribution in [2.45, 2.75) is 0 Å². The zero-order valence-corrected chi connectivity index (χ0v) is 25.2. The van der Waals surface area contributed by atoms with E-state index in [1.54, 1.807) is 24.8 Å². The summed E-state index contributed by atoms with van der Waals surface area (Å²) in [6.45, 7) is 0. The van der Waals surface area contributed by atoms with Gasteiger partial charge in [-0.25, -0.2) is 19.9 Å². The molecule has 0 saturated heterocycles. The monoisotopic (exact) mass is 618 g/mol. The lowest BCUT2D eigenvalue weighted by Gasteiger charge is -2.10. The van der Waals surface area contributed by atoms with Crippen molar-refractivity contribution in [3.63, 3.8) is 0 Å². The normalized spacial score (nSPS) is 11.8. The van der Waals surface area contributed by atoms with Crippen molar-refractivity contribution in [3.05, 3.63) is 134 Å². The Morgan fingerprint density at radius 2 is 1.02 bits per heavy atom. The molecule has 0 unspecified atom stereocenters. The summed E-state index contributed by atoms with van der Waals surface area (Å²) >= 11 is 0. The van der Waals surface area contributed by atoms with E-state index in [1.807, 2.05) is 72.8 Å². The third kappa shape index (κ3) is 4.16. The van der Waals surface area contributed by atoms with E-state index in [9.17, 15) is 0 Å². The van der Waals surface area contributed by atoms with E-state index in [0.717, 1.165) is 82.7 Å². The maximum Gasteiger partial charge on any atom is 0.165 e. The Balaban J connectivity index is 1.16. The summed E-state index contributed by atoms with van der Waals surface area (Å²) in [4.78, 5) is 28.3. The summed E-state index contributed by atoms with van der Waals surface area (Å²) in [5.74, 6) is 1.63. The van der Waals surface area contributed by atoms with E-state index in [1.165, 1.54) is 0 Å². The molecule has 0 bridgehead atoms. The molecule has 0 saturated carbocycles. The maximum absolute atomic E-state index is 6.54. The van der Waals surface area contributed by atoms with Crippen LogP contribution in [0.2, 0.25) is 0 Å². The smallest absolute Gasteiger partial charge is 0.165 e. The first-order valence-corrected chi connectivity index (χ1v) is 15.5. The van der Waals surface area contributed by atoms with Crippen LogP contribution in [0.5, 0.6) is 0 Å². The number of fused-ring (bicyclic) bond motifs is 8. The molecule has 0 radical (unpaired) electrons. The highest BCUT2D eigenvalue weighted by Gasteiger charge is 2.20. The molecule has 8 nitrogen and oxygen atoms in total. The average Bonchev–Trinajstić information content (AvgIpc) is 3.73. The standard InChI is InChI=1S/C40H22N6O2/c1-3-11-32-27(9-1)29-19-31-30(20-34(29)47-32)37-35(28-10-2-4-12-33(28)48-37)36(43-31)23-13-15-24(16-14-23)38-44-39(25-7-5-17-41-21-25)46-40(45-38)26-8-6-18-42-22-26/h1-22H. The van der Waals surface area contributed by atoms with Crippen LogP contribution in [0.3, 0.4) is 0 Å². The minimum atomic E-state index is 0.539. The summed E-state index contributed by atoms with van der Waals surface area (Å²) in [5, 5.41) is 4.94. The van der Waals surface area contributed by atoms with Crippen LogP contribution in [-0.2, 0) is 0 Å². The van der Waals surface area contributed by atoms with Gasteiger partial charge in [0.2, 0.25) is 0 Å². The number of furan rings is 2. The van der Waals surface area contributed by atoms with Gasteiger partial charge in [0, 0.05) is 68.6 Å². The molecular formula is C40H22N6O2. The van der Waals surface area contributed by atoms with Crippen molar-refractivity contribution < 1.29 is 8.83 Å². The van der Waals surface area contributed by atoms with E-state index < -0.39 is 0 Å². The van der Waals surface area contributed by atoms with E-state index in [0.29, 0.717) is 17.5 Å². The van der Waals surface area contributed by atoms with Crippen LogP contribution in [0.15, 0.2) is 143 Å². The molecule has 0 N–H and O–H groups in total. The Hall–Kier alpha value is -6.80. The third-order valence-electron chi connectivity index (χ3n) is 8.70. The van der Waals surface area contributed by atoms with Crippen LogP contribution in [0.1, 0.15) is 0 Å².